The van der Waals surface area contributed by atoms with Gasteiger partial charge in [-0.3, -0.25) is 0 Å². The number of hydrogen-bond acceptors (Lipinski definition) is 7. The van der Waals surface area contributed by atoms with E-state index in [1.54, 1.807) is 0 Å². The molecule has 0 fully saturated rings. The Morgan fingerprint density at radius 2 is 0.655 bits per heavy atom. The number of fused-ring (bicyclic) bond motifs is 3. The standard InChI is InChI=1S/C48H30N6O/c1-5-14-31(15-6-1)32-24-26-36(27-25-32)46-50-45(35-20-11-4-12-21-35)53-48(54-46)39-22-13-23-40-42(39)38-29-28-37(30-41(38)55-40)47-51-43(33-16-7-2-8-17-33)49-44(52-47)34-18-9-3-10-19-34/h1-30H. The van der Waals surface area contributed by atoms with Crippen molar-refractivity contribution in [2.24, 2.45) is 0 Å². The summed E-state index contributed by atoms with van der Waals surface area (Å²) in [4.78, 5) is 29.8. The quantitative estimate of drug-likeness (QED) is 0.163. The molecule has 0 aliphatic heterocycles. The monoisotopic (exact) mass is 706 g/mol. The second kappa shape index (κ2) is 13.7. The lowest BCUT2D eigenvalue weighted by Gasteiger charge is -2.10. The third-order valence-electron chi connectivity index (χ3n) is 9.61. The van der Waals surface area contributed by atoms with Gasteiger partial charge in [0.2, 0.25) is 0 Å². The minimum Gasteiger partial charge on any atom is -0.456 e. The number of hydrogen-bond donors (Lipinski definition) is 0. The van der Waals surface area contributed by atoms with E-state index >= 15 is 0 Å². The van der Waals surface area contributed by atoms with Crippen molar-refractivity contribution in [3.05, 3.63) is 182 Å². The topological polar surface area (TPSA) is 90.5 Å². The van der Waals surface area contributed by atoms with Crippen molar-refractivity contribution in [2.45, 2.75) is 0 Å². The van der Waals surface area contributed by atoms with Crippen LogP contribution in [0.15, 0.2) is 186 Å². The van der Waals surface area contributed by atoms with E-state index in [-0.39, 0.29) is 0 Å². The fraction of sp³-hybridized carbons (Fsp3) is 0. The highest BCUT2D eigenvalue weighted by molar-refractivity contribution is 6.12. The van der Waals surface area contributed by atoms with Gasteiger partial charge in [0.05, 0.1) is 0 Å². The van der Waals surface area contributed by atoms with Gasteiger partial charge in [0.15, 0.2) is 34.9 Å². The molecule has 0 N–H and O–H groups in total. The Bertz CT molecular complexity index is 2890. The van der Waals surface area contributed by atoms with Crippen LogP contribution in [0.4, 0.5) is 0 Å². The van der Waals surface area contributed by atoms with E-state index < -0.39 is 0 Å². The van der Waals surface area contributed by atoms with Crippen LogP contribution in [0.5, 0.6) is 0 Å². The predicted molar refractivity (Wildman–Crippen MR) is 219 cm³/mol. The van der Waals surface area contributed by atoms with Gasteiger partial charge in [-0.2, -0.15) is 0 Å². The molecule has 0 saturated heterocycles. The van der Waals surface area contributed by atoms with Crippen LogP contribution < -0.4 is 0 Å². The fourth-order valence-electron chi connectivity index (χ4n) is 6.87. The Hall–Kier alpha value is -7.64. The van der Waals surface area contributed by atoms with Crippen LogP contribution in [0, 0.1) is 0 Å². The first kappa shape index (κ1) is 32.0. The Kier molecular flexibility index (Phi) is 8.00. The molecule has 0 atom stereocenters. The lowest BCUT2D eigenvalue weighted by atomic mass is 10.0. The molecular weight excluding hydrogens is 677 g/mol. The summed E-state index contributed by atoms with van der Waals surface area (Å²) in [5.74, 6) is 3.51. The molecular formula is C48H30N6O. The first-order valence-corrected chi connectivity index (χ1v) is 18.0. The van der Waals surface area contributed by atoms with Crippen molar-refractivity contribution in [2.75, 3.05) is 0 Å². The van der Waals surface area contributed by atoms with Crippen molar-refractivity contribution < 1.29 is 4.42 Å². The zero-order chi connectivity index (χ0) is 36.6. The zero-order valence-corrected chi connectivity index (χ0v) is 29.4. The van der Waals surface area contributed by atoms with E-state index in [0.29, 0.717) is 40.5 Å². The maximum atomic E-state index is 6.55. The molecule has 0 aliphatic carbocycles. The minimum atomic E-state index is 0.559. The van der Waals surface area contributed by atoms with Gasteiger partial charge in [-0.05, 0) is 29.3 Å². The predicted octanol–water partition coefficient (Wildman–Crippen LogP) is 11.6. The molecule has 0 saturated carbocycles. The molecule has 0 aliphatic rings. The van der Waals surface area contributed by atoms with Crippen LogP contribution in [0.2, 0.25) is 0 Å². The van der Waals surface area contributed by atoms with Crippen LogP contribution in [0.3, 0.4) is 0 Å². The second-order valence-corrected chi connectivity index (χ2v) is 13.1. The van der Waals surface area contributed by atoms with Crippen LogP contribution >= 0.6 is 0 Å². The van der Waals surface area contributed by atoms with E-state index in [0.717, 1.165) is 60.9 Å². The highest BCUT2D eigenvalue weighted by Crippen LogP contribution is 2.38. The molecule has 10 rings (SSSR count). The van der Waals surface area contributed by atoms with E-state index in [1.165, 1.54) is 0 Å². The van der Waals surface area contributed by atoms with Crippen molar-refractivity contribution in [3.63, 3.8) is 0 Å². The minimum absolute atomic E-state index is 0.559. The lowest BCUT2D eigenvalue weighted by Crippen LogP contribution is -2.00. The summed E-state index contributed by atoms with van der Waals surface area (Å²) in [6.07, 6.45) is 0. The first-order chi connectivity index (χ1) is 27.2. The third kappa shape index (κ3) is 6.19. The maximum absolute atomic E-state index is 6.55. The molecule has 258 valence electrons. The molecule has 3 heterocycles. The summed E-state index contributed by atoms with van der Waals surface area (Å²) >= 11 is 0. The van der Waals surface area contributed by atoms with E-state index in [9.17, 15) is 0 Å². The van der Waals surface area contributed by atoms with Crippen LogP contribution in [0.1, 0.15) is 0 Å². The average molecular weight is 707 g/mol. The van der Waals surface area contributed by atoms with Crippen LogP contribution in [-0.2, 0) is 0 Å². The molecule has 7 nitrogen and oxygen atoms in total. The number of benzene rings is 7. The highest BCUT2D eigenvalue weighted by Gasteiger charge is 2.19. The highest BCUT2D eigenvalue weighted by atomic mass is 16.3. The van der Waals surface area contributed by atoms with Gasteiger partial charge in [0, 0.05) is 44.2 Å². The van der Waals surface area contributed by atoms with Gasteiger partial charge in [-0.1, -0.05) is 164 Å². The molecule has 10 aromatic rings. The fourth-order valence-corrected chi connectivity index (χ4v) is 6.87. The number of nitrogens with zero attached hydrogens (tertiary/aromatic N) is 6. The summed E-state index contributed by atoms with van der Waals surface area (Å²) in [7, 11) is 0. The maximum Gasteiger partial charge on any atom is 0.164 e. The Morgan fingerprint density at radius 3 is 1.16 bits per heavy atom. The molecule has 0 unspecified atom stereocenters. The SMILES string of the molecule is c1ccc(-c2ccc(-c3nc(-c4ccccc4)nc(-c4cccc5oc6cc(-c7nc(-c8ccccc8)nc(-c8ccccc8)n7)ccc6c45)n3)cc2)cc1. The molecule has 0 radical (unpaired) electrons. The van der Waals surface area contributed by atoms with Crippen molar-refractivity contribution in [3.8, 4) is 79.5 Å². The normalized spacial score (nSPS) is 11.3. The Balaban J connectivity index is 1.10. The molecule has 7 heteroatoms. The van der Waals surface area contributed by atoms with Gasteiger partial charge in [-0.15, -0.1) is 0 Å². The largest absolute Gasteiger partial charge is 0.456 e. The molecule has 55 heavy (non-hydrogen) atoms. The summed E-state index contributed by atoms with van der Waals surface area (Å²) in [6.45, 7) is 0. The van der Waals surface area contributed by atoms with E-state index in [1.807, 2.05) is 140 Å². The number of rotatable bonds is 7. The summed E-state index contributed by atoms with van der Waals surface area (Å²) in [5.41, 5.74) is 9.01. The summed E-state index contributed by atoms with van der Waals surface area (Å²) < 4.78 is 6.55. The molecule has 0 bridgehead atoms. The smallest absolute Gasteiger partial charge is 0.164 e. The first-order valence-electron chi connectivity index (χ1n) is 18.0. The number of furan rings is 1. The molecule has 0 spiro atoms. The van der Waals surface area contributed by atoms with Crippen LogP contribution in [-0.4, -0.2) is 29.9 Å². The van der Waals surface area contributed by atoms with E-state index in [4.69, 9.17) is 34.3 Å². The molecule has 7 aromatic carbocycles. The average Bonchev–Trinajstić information content (AvgIpc) is 3.66. The van der Waals surface area contributed by atoms with Crippen molar-refractivity contribution >= 4 is 21.9 Å². The van der Waals surface area contributed by atoms with Crippen molar-refractivity contribution in [1.82, 2.24) is 29.9 Å². The van der Waals surface area contributed by atoms with Gasteiger partial charge < -0.3 is 4.42 Å². The van der Waals surface area contributed by atoms with Crippen LogP contribution in [0.25, 0.3) is 101 Å². The summed E-state index contributed by atoms with van der Waals surface area (Å²) in [5, 5.41) is 1.86. The Labute approximate surface area is 316 Å². The van der Waals surface area contributed by atoms with Crippen molar-refractivity contribution in [1.29, 1.82) is 0 Å². The molecule has 3 aromatic heterocycles. The van der Waals surface area contributed by atoms with Gasteiger partial charge in [0.25, 0.3) is 0 Å². The molecule has 0 amide bonds. The van der Waals surface area contributed by atoms with E-state index in [2.05, 4.69) is 42.5 Å². The third-order valence-corrected chi connectivity index (χ3v) is 9.61. The lowest BCUT2D eigenvalue weighted by molar-refractivity contribution is 0.669. The Morgan fingerprint density at radius 1 is 0.273 bits per heavy atom. The van der Waals surface area contributed by atoms with Gasteiger partial charge in [-0.25, -0.2) is 29.9 Å². The van der Waals surface area contributed by atoms with Gasteiger partial charge in [0.1, 0.15) is 11.2 Å². The number of aromatic nitrogens is 6. The second-order valence-electron chi connectivity index (χ2n) is 13.1. The van der Waals surface area contributed by atoms with Gasteiger partial charge >= 0.3 is 0 Å². The zero-order valence-electron chi connectivity index (χ0n) is 29.4. The summed E-state index contributed by atoms with van der Waals surface area (Å²) in [6, 6.07) is 60.7.